The van der Waals surface area contributed by atoms with Gasteiger partial charge in [-0.2, -0.15) is 0 Å². The molecule has 0 saturated heterocycles. The van der Waals surface area contributed by atoms with Gasteiger partial charge in [0.15, 0.2) is 0 Å². The molecule has 3 nitrogen and oxygen atoms in total. The Labute approximate surface area is 94.5 Å². The molecule has 0 unspecified atom stereocenters. The number of benzene rings is 1. The summed E-state index contributed by atoms with van der Waals surface area (Å²) < 4.78 is 12.7. The Morgan fingerprint density at radius 3 is 2.44 bits per heavy atom. The van der Waals surface area contributed by atoms with Crippen LogP contribution < -0.4 is 0 Å². The van der Waals surface area contributed by atoms with Crippen molar-refractivity contribution in [3.63, 3.8) is 0 Å². The largest absolute Gasteiger partial charge is 0.395 e. The fraction of sp³-hybridized carbons (Fsp3) is 0.417. The highest BCUT2D eigenvalue weighted by molar-refractivity contribution is 5.94. The van der Waals surface area contributed by atoms with Gasteiger partial charge in [-0.1, -0.05) is 6.92 Å². The van der Waals surface area contributed by atoms with Crippen molar-refractivity contribution in [3.05, 3.63) is 35.6 Å². The first-order valence-corrected chi connectivity index (χ1v) is 5.34. The standard InChI is InChI=1S/C12H16FNO2/c1-2-7-14(8-9-15)12(16)10-3-5-11(13)6-4-10/h3-6,15H,2,7-9H2,1H3. The Hall–Kier alpha value is -1.42. The third kappa shape index (κ3) is 3.31. The highest BCUT2D eigenvalue weighted by Crippen LogP contribution is 2.07. The molecule has 0 aliphatic heterocycles. The van der Waals surface area contributed by atoms with E-state index in [9.17, 15) is 9.18 Å². The molecule has 0 spiro atoms. The molecular formula is C12H16FNO2. The lowest BCUT2D eigenvalue weighted by molar-refractivity contribution is 0.0722. The fourth-order valence-electron chi connectivity index (χ4n) is 1.48. The third-order valence-electron chi connectivity index (χ3n) is 2.24. The monoisotopic (exact) mass is 225 g/mol. The van der Waals surface area contributed by atoms with Crippen molar-refractivity contribution in [2.45, 2.75) is 13.3 Å². The van der Waals surface area contributed by atoms with Crippen molar-refractivity contribution in [2.24, 2.45) is 0 Å². The molecule has 0 aliphatic rings. The predicted molar refractivity (Wildman–Crippen MR) is 59.7 cm³/mol. The van der Waals surface area contributed by atoms with Crippen molar-refractivity contribution in [1.29, 1.82) is 0 Å². The number of halogens is 1. The molecule has 0 aliphatic carbocycles. The van der Waals surface area contributed by atoms with Gasteiger partial charge in [0.1, 0.15) is 5.82 Å². The number of carbonyl (C=O) groups is 1. The molecule has 0 bridgehead atoms. The summed E-state index contributed by atoms with van der Waals surface area (Å²) >= 11 is 0. The van der Waals surface area contributed by atoms with Crippen LogP contribution in [0.1, 0.15) is 23.7 Å². The average molecular weight is 225 g/mol. The van der Waals surface area contributed by atoms with Crippen LogP contribution in [-0.2, 0) is 0 Å². The Morgan fingerprint density at radius 2 is 1.94 bits per heavy atom. The summed E-state index contributed by atoms with van der Waals surface area (Å²) in [6.45, 7) is 2.80. The molecule has 1 aromatic carbocycles. The second kappa shape index (κ2) is 6.23. The maximum Gasteiger partial charge on any atom is 0.253 e. The lowest BCUT2D eigenvalue weighted by Crippen LogP contribution is -2.34. The molecule has 88 valence electrons. The minimum Gasteiger partial charge on any atom is -0.395 e. The van der Waals surface area contributed by atoms with Crippen molar-refractivity contribution in [3.8, 4) is 0 Å². The first-order chi connectivity index (χ1) is 7.69. The lowest BCUT2D eigenvalue weighted by Gasteiger charge is -2.20. The molecular weight excluding hydrogens is 209 g/mol. The molecule has 0 fully saturated rings. The molecule has 1 N–H and O–H groups in total. The van der Waals surface area contributed by atoms with E-state index in [1.165, 1.54) is 24.3 Å². The maximum atomic E-state index is 12.7. The second-order valence-corrected chi connectivity index (χ2v) is 3.52. The van der Waals surface area contributed by atoms with Crippen LogP contribution in [0.5, 0.6) is 0 Å². The smallest absolute Gasteiger partial charge is 0.253 e. The molecule has 1 rings (SSSR count). The maximum absolute atomic E-state index is 12.7. The summed E-state index contributed by atoms with van der Waals surface area (Å²) in [6, 6.07) is 5.43. The van der Waals surface area contributed by atoms with Gasteiger partial charge in [-0.3, -0.25) is 4.79 Å². The Kier molecular flexibility index (Phi) is 4.92. The number of aliphatic hydroxyl groups is 1. The highest BCUT2D eigenvalue weighted by Gasteiger charge is 2.13. The van der Waals surface area contributed by atoms with Gasteiger partial charge in [0.2, 0.25) is 0 Å². The molecule has 16 heavy (non-hydrogen) atoms. The first kappa shape index (κ1) is 12.6. The SMILES string of the molecule is CCCN(CCO)C(=O)c1ccc(F)cc1. The molecule has 0 saturated carbocycles. The van der Waals surface area contributed by atoms with Gasteiger partial charge in [-0.25, -0.2) is 4.39 Å². The topological polar surface area (TPSA) is 40.5 Å². The van der Waals surface area contributed by atoms with Crippen LogP contribution in [0.25, 0.3) is 0 Å². The minimum absolute atomic E-state index is 0.0626. The summed E-state index contributed by atoms with van der Waals surface area (Å²) in [6.07, 6.45) is 0.826. The Bertz CT molecular complexity index is 331. The van der Waals surface area contributed by atoms with Crippen molar-refractivity contribution in [2.75, 3.05) is 19.7 Å². The van der Waals surface area contributed by atoms with Crippen molar-refractivity contribution >= 4 is 5.91 Å². The van der Waals surface area contributed by atoms with Crippen LogP contribution >= 0.6 is 0 Å². The molecule has 0 heterocycles. The van der Waals surface area contributed by atoms with Gasteiger partial charge >= 0.3 is 0 Å². The lowest BCUT2D eigenvalue weighted by atomic mass is 10.2. The zero-order chi connectivity index (χ0) is 12.0. The molecule has 0 aromatic heterocycles. The summed E-state index contributed by atoms with van der Waals surface area (Å²) in [5.74, 6) is -0.531. The number of aliphatic hydroxyl groups excluding tert-OH is 1. The van der Waals surface area contributed by atoms with E-state index in [0.29, 0.717) is 18.7 Å². The second-order valence-electron chi connectivity index (χ2n) is 3.52. The van der Waals surface area contributed by atoms with Crippen molar-refractivity contribution in [1.82, 2.24) is 4.90 Å². The fourth-order valence-corrected chi connectivity index (χ4v) is 1.48. The minimum atomic E-state index is -0.360. The highest BCUT2D eigenvalue weighted by atomic mass is 19.1. The van der Waals surface area contributed by atoms with E-state index in [2.05, 4.69) is 0 Å². The number of nitrogens with zero attached hydrogens (tertiary/aromatic N) is 1. The van der Waals surface area contributed by atoms with E-state index in [1.54, 1.807) is 4.90 Å². The summed E-state index contributed by atoms with van der Waals surface area (Å²) in [5, 5.41) is 8.85. The van der Waals surface area contributed by atoms with E-state index in [0.717, 1.165) is 6.42 Å². The van der Waals surface area contributed by atoms with Crippen LogP contribution in [-0.4, -0.2) is 35.6 Å². The van der Waals surface area contributed by atoms with E-state index in [-0.39, 0.29) is 18.3 Å². The quantitative estimate of drug-likeness (QED) is 0.828. The molecule has 0 radical (unpaired) electrons. The van der Waals surface area contributed by atoms with Gasteiger partial charge in [0.05, 0.1) is 6.61 Å². The first-order valence-electron chi connectivity index (χ1n) is 5.34. The average Bonchev–Trinajstić information content (AvgIpc) is 2.29. The molecule has 1 aromatic rings. The van der Waals surface area contributed by atoms with Gasteiger partial charge in [0, 0.05) is 18.7 Å². The van der Waals surface area contributed by atoms with Crippen LogP contribution in [0.3, 0.4) is 0 Å². The Morgan fingerprint density at radius 1 is 1.31 bits per heavy atom. The zero-order valence-corrected chi connectivity index (χ0v) is 9.32. The Balaban J connectivity index is 2.77. The number of carbonyl (C=O) groups excluding carboxylic acids is 1. The normalized spacial score (nSPS) is 10.2. The van der Waals surface area contributed by atoms with Crippen molar-refractivity contribution < 1.29 is 14.3 Å². The van der Waals surface area contributed by atoms with E-state index in [1.807, 2.05) is 6.92 Å². The van der Waals surface area contributed by atoms with Gasteiger partial charge in [0.25, 0.3) is 5.91 Å². The van der Waals surface area contributed by atoms with E-state index >= 15 is 0 Å². The molecule has 0 atom stereocenters. The third-order valence-corrected chi connectivity index (χ3v) is 2.24. The summed E-state index contributed by atoms with van der Waals surface area (Å²) in [5.41, 5.74) is 0.448. The van der Waals surface area contributed by atoms with Gasteiger partial charge in [-0.15, -0.1) is 0 Å². The summed E-state index contributed by atoms with van der Waals surface area (Å²) in [7, 11) is 0. The van der Waals surface area contributed by atoms with E-state index < -0.39 is 0 Å². The van der Waals surface area contributed by atoms with Crippen LogP contribution in [0.15, 0.2) is 24.3 Å². The summed E-state index contributed by atoms with van der Waals surface area (Å²) in [4.78, 5) is 13.5. The zero-order valence-electron chi connectivity index (χ0n) is 9.32. The molecule has 1 amide bonds. The van der Waals surface area contributed by atoms with Crippen LogP contribution in [0.4, 0.5) is 4.39 Å². The van der Waals surface area contributed by atoms with Gasteiger partial charge < -0.3 is 10.0 Å². The number of rotatable bonds is 5. The number of hydrogen-bond acceptors (Lipinski definition) is 2. The number of amides is 1. The van der Waals surface area contributed by atoms with Gasteiger partial charge in [-0.05, 0) is 30.7 Å². The van der Waals surface area contributed by atoms with Crippen LogP contribution in [0, 0.1) is 5.82 Å². The predicted octanol–water partition coefficient (Wildman–Crippen LogP) is 1.67. The molecule has 4 heteroatoms. The van der Waals surface area contributed by atoms with Crippen LogP contribution in [0.2, 0.25) is 0 Å². The van der Waals surface area contributed by atoms with E-state index in [4.69, 9.17) is 5.11 Å². The number of hydrogen-bond donors (Lipinski definition) is 1.